The molecule has 24 heavy (non-hydrogen) atoms. The number of carbonyl (C=O) groups is 1. The van der Waals surface area contributed by atoms with Crippen LogP contribution in [0.2, 0.25) is 0 Å². The Morgan fingerprint density at radius 1 is 1.29 bits per heavy atom. The smallest absolute Gasteiger partial charge is 0.220 e. The van der Waals surface area contributed by atoms with E-state index in [1.807, 2.05) is 29.0 Å². The molecule has 0 radical (unpaired) electrons. The first-order chi connectivity index (χ1) is 11.7. The van der Waals surface area contributed by atoms with Crippen LogP contribution in [0.3, 0.4) is 0 Å². The minimum absolute atomic E-state index is 0.0451. The van der Waals surface area contributed by atoms with Crippen LogP contribution in [0.25, 0.3) is 17.0 Å². The molecule has 0 saturated heterocycles. The van der Waals surface area contributed by atoms with E-state index in [-0.39, 0.29) is 17.9 Å². The quantitative estimate of drug-likeness (QED) is 0.758. The summed E-state index contributed by atoms with van der Waals surface area (Å²) in [6, 6.07) is 6.01. The Labute approximate surface area is 142 Å². The molecule has 3 heterocycles. The van der Waals surface area contributed by atoms with Crippen molar-refractivity contribution >= 4 is 28.7 Å². The highest BCUT2D eigenvalue weighted by atomic mass is 32.1. The molecule has 3 aromatic rings. The van der Waals surface area contributed by atoms with Gasteiger partial charge in [0.25, 0.3) is 0 Å². The van der Waals surface area contributed by atoms with Gasteiger partial charge in [-0.3, -0.25) is 4.79 Å². The first kappa shape index (κ1) is 15.1. The van der Waals surface area contributed by atoms with Crippen LogP contribution in [0.4, 0.5) is 5.82 Å². The molecule has 1 amide bonds. The van der Waals surface area contributed by atoms with Gasteiger partial charge in [-0.2, -0.15) is 15.9 Å². The molecule has 1 fully saturated rings. The van der Waals surface area contributed by atoms with Gasteiger partial charge >= 0.3 is 0 Å². The lowest BCUT2D eigenvalue weighted by Crippen LogP contribution is -2.34. The molecule has 4 rings (SSSR count). The second-order valence-corrected chi connectivity index (χ2v) is 6.91. The number of nitrogens with two attached hydrogens (primary N) is 1. The summed E-state index contributed by atoms with van der Waals surface area (Å²) in [5.41, 5.74) is 7.17. The zero-order valence-corrected chi connectivity index (χ0v) is 13.9. The van der Waals surface area contributed by atoms with Crippen molar-refractivity contribution in [1.29, 1.82) is 0 Å². The average molecular weight is 342 g/mol. The Bertz CT molecular complexity index is 859. The molecule has 0 spiro atoms. The van der Waals surface area contributed by atoms with Gasteiger partial charge in [0, 0.05) is 22.9 Å². The number of fused-ring (bicyclic) bond motifs is 1. The Kier molecular flexibility index (Phi) is 3.89. The summed E-state index contributed by atoms with van der Waals surface area (Å²) in [4.78, 5) is 11.4. The van der Waals surface area contributed by atoms with E-state index in [4.69, 9.17) is 5.73 Å². The zero-order chi connectivity index (χ0) is 16.5. The summed E-state index contributed by atoms with van der Waals surface area (Å²) in [7, 11) is 0. The second kappa shape index (κ2) is 6.20. The average Bonchev–Trinajstić information content (AvgIpc) is 3.23. The topological polar surface area (TPSA) is 98.2 Å². The molecule has 8 heteroatoms. The molecule has 0 aromatic carbocycles. The number of nitrogens with zero attached hydrogens (tertiary/aromatic N) is 4. The molecule has 1 saturated carbocycles. The molecule has 2 atom stereocenters. The number of amides is 1. The molecule has 0 aliphatic heterocycles. The molecule has 3 N–H and O–H groups in total. The van der Waals surface area contributed by atoms with Crippen molar-refractivity contribution in [3.8, 4) is 11.4 Å². The Morgan fingerprint density at radius 2 is 2.21 bits per heavy atom. The van der Waals surface area contributed by atoms with E-state index in [9.17, 15) is 4.79 Å². The third-order valence-corrected chi connectivity index (χ3v) is 5.15. The van der Waals surface area contributed by atoms with Crippen molar-refractivity contribution in [1.82, 2.24) is 19.8 Å². The number of primary amides is 1. The predicted octanol–water partition coefficient (Wildman–Crippen LogP) is 2.31. The van der Waals surface area contributed by atoms with Crippen molar-refractivity contribution in [2.75, 3.05) is 5.32 Å². The van der Waals surface area contributed by atoms with Crippen LogP contribution in [-0.4, -0.2) is 31.8 Å². The molecule has 7 nitrogen and oxygen atoms in total. The molecule has 1 aliphatic carbocycles. The van der Waals surface area contributed by atoms with Gasteiger partial charge in [-0.15, -0.1) is 15.3 Å². The number of hydrogen-bond donors (Lipinski definition) is 2. The van der Waals surface area contributed by atoms with Crippen LogP contribution >= 0.6 is 11.3 Å². The third kappa shape index (κ3) is 2.84. The highest BCUT2D eigenvalue weighted by molar-refractivity contribution is 7.08. The van der Waals surface area contributed by atoms with Gasteiger partial charge in [-0.05, 0) is 42.8 Å². The molecule has 0 bridgehead atoms. The van der Waals surface area contributed by atoms with Gasteiger partial charge < -0.3 is 11.1 Å². The predicted molar refractivity (Wildman–Crippen MR) is 92.7 cm³/mol. The fourth-order valence-corrected chi connectivity index (χ4v) is 3.86. The van der Waals surface area contributed by atoms with Crippen LogP contribution in [0.15, 0.2) is 29.0 Å². The number of carbonyl (C=O) groups excluding carboxylic acids is 1. The summed E-state index contributed by atoms with van der Waals surface area (Å²) < 4.78 is 1.75. The van der Waals surface area contributed by atoms with Gasteiger partial charge in [0.2, 0.25) is 5.91 Å². The van der Waals surface area contributed by atoms with E-state index >= 15 is 0 Å². The van der Waals surface area contributed by atoms with E-state index in [1.54, 1.807) is 15.9 Å². The maximum Gasteiger partial charge on any atom is 0.220 e. The number of thiophene rings is 1. The van der Waals surface area contributed by atoms with Crippen LogP contribution in [0, 0.1) is 5.92 Å². The summed E-state index contributed by atoms with van der Waals surface area (Å²) in [6.45, 7) is 0. The molecule has 1 aliphatic rings. The molecule has 124 valence electrons. The van der Waals surface area contributed by atoms with Crippen molar-refractivity contribution in [2.45, 2.75) is 31.7 Å². The highest BCUT2D eigenvalue weighted by Gasteiger charge is 2.26. The third-order valence-electron chi connectivity index (χ3n) is 4.47. The zero-order valence-electron chi connectivity index (χ0n) is 13.1. The van der Waals surface area contributed by atoms with Crippen molar-refractivity contribution in [3.63, 3.8) is 0 Å². The summed E-state index contributed by atoms with van der Waals surface area (Å²) in [5, 5.41) is 20.5. The number of aromatic nitrogens is 4. The highest BCUT2D eigenvalue weighted by Crippen LogP contribution is 2.26. The molecule has 2 unspecified atom stereocenters. The largest absolute Gasteiger partial charge is 0.369 e. The standard InChI is InChI=1S/C16H18N6OS/c17-15(23)10-2-1-3-12(8-10)18-13-4-5-14-19-20-16(22(14)21-13)11-6-7-24-9-11/h4-7,9-10,12H,1-3,8H2,(H2,17,23)(H,18,21). The fraction of sp³-hybridized carbons (Fsp3) is 0.375. The maximum absolute atomic E-state index is 11.4. The lowest BCUT2D eigenvalue weighted by molar-refractivity contribution is -0.122. The van der Waals surface area contributed by atoms with Gasteiger partial charge in [0.1, 0.15) is 5.82 Å². The van der Waals surface area contributed by atoms with Crippen LogP contribution in [0.1, 0.15) is 25.7 Å². The lowest BCUT2D eigenvalue weighted by Gasteiger charge is -2.28. The van der Waals surface area contributed by atoms with Gasteiger partial charge in [0.15, 0.2) is 11.5 Å². The van der Waals surface area contributed by atoms with Crippen molar-refractivity contribution in [3.05, 3.63) is 29.0 Å². The van der Waals surface area contributed by atoms with E-state index in [0.717, 1.165) is 42.9 Å². The summed E-state index contributed by atoms with van der Waals surface area (Å²) >= 11 is 1.61. The lowest BCUT2D eigenvalue weighted by atomic mass is 9.85. The van der Waals surface area contributed by atoms with Gasteiger partial charge in [-0.1, -0.05) is 6.42 Å². The molecular formula is C16H18N6OS. The minimum atomic E-state index is -0.205. The van der Waals surface area contributed by atoms with Crippen molar-refractivity contribution < 1.29 is 4.79 Å². The molecule has 3 aromatic heterocycles. The normalized spacial score (nSPS) is 21.0. The van der Waals surface area contributed by atoms with E-state index < -0.39 is 0 Å². The first-order valence-electron chi connectivity index (χ1n) is 8.01. The second-order valence-electron chi connectivity index (χ2n) is 6.13. The van der Waals surface area contributed by atoms with Crippen LogP contribution < -0.4 is 11.1 Å². The van der Waals surface area contributed by atoms with E-state index in [1.165, 1.54) is 0 Å². The Hall–Kier alpha value is -2.48. The molecular weight excluding hydrogens is 324 g/mol. The number of rotatable bonds is 4. The van der Waals surface area contributed by atoms with Crippen LogP contribution in [0.5, 0.6) is 0 Å². The van der Waals surface area contributed by atoms with Crippen molar-refractivity contribution in [2.24, 2.45) is 11.7 Å². The number of anilines is 1. The first-order valence-corrected chi connectivity index (χ1v) is 8.96. The summed E-state index contributed by atoms with van der Waals surface area (Å²) in [5.74, 6) is 1.24. The van der Waals surface area contributed by atoms with Gasteiger partial charge in [0.05, 0.1) is 0 Å². The summed E-state index contributed by atoms with van der Waals surface area (Å²) in [6.07, 6.45) is 3.66. The van der Waals surface area contributed by atoms with E-state index in [2.05, 4.69) is 20.6 Å². The number of nitrogens with one attached hydrogen (secondary N) is 1. The Morgan fingerprint density at radius 3 is 3.00 bits per heavy atom. The fourth-order valence-electron chi connectivity index (χ4n) is 3.23. The van der Waals surface area contributed by atoms with Crippen LogP contribution in [-0.2, 0) is 4.79 Å². The minimum Gasteiger partial charge on any atom is -0.369 e. The van der Waals surface area contributed by atoms with E-state index in [0.29, 0.717) is 5.65 Å². The monoisotopic (exact) mass is 342 g/mol. The Balaban J connectivity index is 1.59. The van der Waals surface area contributed by atoms with Gasteiger partial charge in [-0.25, -0.2) is 0 Å². The number of hydrogen-bond acceptors (Lipinski definition) is 6. The maximum atomic E-state index is 11.4. The SMILES string of the molecule is NC(=O)C1CCCC(Nc2ccc3nnc(-c4ccsc4)n3n2)C1.